The van der Waals surface area contributed by atoms with Crippen molar-refractivity contribution in [3.8, 4) is 5.75 Å². The van der Waals surface area contributed by atoms with E-state index in [1.165, 1.54) is 23.4 Å². The lowest BCUT2D eigenvalue weighted by Gasteiger charge is -2.33. The summed E-state index contributed by atoms with van der Waals surface area (Å²) in [5, 5.41) is 0. The van der Waals surface area contributed by atoms with Crippen molar-refractivity contribution in [3.63, 3.8) is 0 Å². The van der Waals surface area contributed by atoms with E-state index >= 15 is 0 Å². The SMILES string of the molecule is CCN(CC)CCN1C(Cc2ccc(OC(F)(F)F)cc2)=CC2=CC(N)=CCC21. The molecule has 1 unspecified atom stereocenters. The van der Waals surface area contributed by atoms with Crippen LogP contribution in [0.5, 0.6) is 5.75 Å². The molecule has 0 amide bonds. The van der Waals surface area contributed by atoms with Crippen molar-refractivity contribution < 1.29 is 17.9 Å². The third kappa shape index (κ3) is 5.56. The van der Waals surface area contributed by atoms with Gasteiger partial charge in [-0.05, 0) is 54.9 Å². The average molecular weight is 407 g/mol. The second-order valence-corrected chi connectivity index (χ2v) is 7.32. The number of alkyl halides is 3. The number of nitrogens with two attached hydrogens (primary N) is 1. The van der Waals surface area contributed by atoms with Crippen LogP contribution in [-0.4, -0.2) is 48.4 Å². The molecule has 0 radical (unpaired) electrons. The van der Waals surface area contributed by atoms with Gasteiger partial charge in [0, 0.05) is 30.9 Å². The van der Waals surface area contributed by atoms with Gasteiger partial charge in [-0.3, -0.25) is 0 Å². The number of hydrogen-bond acceptors (Lipinski definition) is 4. The fourth-order valence-electron chi connectivity index (χ4n) is 3.91. The highest BCUT2D eigenvalue weighted by atomic mass is 19.4. The summed E-state index contributed by atoms with van der Waals surface area (Å²) in [6.07, 6.45) is 3.09. The molecule has 3 rings (SSSR count). The van der Waals surface area contributed by atoms with Gasteiger partial charge in [-0.1, -0.05) is 32.1 Å². The molecule has 7 heteroatoms. The first kappa shape index (κ1) is 21.3. The van der Waals surface area contributed by atoms with Crippen molar-refractivity contribution in [3.05, 3.63) is 65.0 Å². The third-order valence-electron chi connectivity index (χ3n) is 5.47. The van der Waals surface area contributed by atoms with Crippen LogP contribution in [0.15, 0.2) is 59.5 Å². The van der Waals surface area contributed by atoms with Gasteiger partial charge < -0.3 is 20.3 Å². The molecule has 1 aromatic carbocycles. The second-order valence-electron chi connectivity index (χ2n) is 7.32. The lowest BCUT2D eigenvalue weighted by Crippen LogP contribution is -2.39. The van der Waals surface area contributed by atoms with Gasteiger partial charge in [0.05, 0.1) is 6.04 Å². The number of hydrogen-bond donors (Lipinski definition) is 1. The Kier molecular flexibility index (Phi) is 6.57. The van der Waals surface area contributed by atoms with Crippen molar-refractivity contribution in [2.45, 2.75) is 39.1 Å². The molecule has 29 heavy (non-hydrogen) atoms. The zero-order chi connectivity index (χ0) is 21.0. The van der Waals surface area contributed by atoms with Crippen LogP contribution in [-0.2, 0) is 6.42 Å². The molecule has 158 valence electrons. The molecule has 1 heterocycles. The zero-order valence-corrected chi connectivity index (χ0v) is 16.9. The number of likely N-dealkylation sites (N-methyl/N-ethyl adjacent to an activating group) is 1. The van der Waals surface area contributed by atoms with Crippen LogP contribution < -0.4 is 10.5 Å². The van der Waals surface area contributed by atoms with Gasteiger partial charge in [0.2, 0.25) is 0 Å². The minimum atomic E-state index is -4.67. The smallest absolute Gasteiger partial charge is 0.406 e. The van der Waals surface area contributed by atoms with Gasteiger partial charge in [-0.25, -0.2) is 0 Å². The van der Waals surface area contributed by atoms with Crippen LogP contribution >= 0.6 is 0 Å². The Labute approximate surface area is 170 Å². The van der Waals surface area contributed by atoms with Crippen LogP contribution in [0.3, 0.4) is 0 Å². The highest BCUT2D eigenvalue weighted by Gasteiger charge is 2.32. The standard InChI is InChI=1S/C22H28F3N3O/c1-3-27(4-2)11-12-28-19(15-17-14-18(26)7-10-21(17)28)13-16-5-8-20(9-6-16)29-22(23,24)25/h5-9,14-15,21H,3-4,10-13,26H2,1-2H3. The van der Waals surface area contributed by atoms with E-state index in [-0.39, 0.29) is 11.8 Å². The normalized spacial score (nSPS) is 19.0. The van der Waals surface area contributed by atoms with Gasteiger partial charge in [0.25, 0.3) is 0 Å². The van der Waals surface area contributed by atoms with Crippen LogP contribution in [0.4, 0.5) is 13.2 Å². The van der Waals surface area contributed by atoms with E-state index in [0.717, 1.165) is 43.9 Å². The Morgan fingerprint density at radius 2 is 1.83 bits per heavy atom. The zero-order valence-electron chi connectivity index (χ0n) is 16.9. The molecule has 2 aliphatic rings. The van der Waals surface area contributed by atoms with Crippen molar-refractivity contribution in [1.82, 2.24) is 9.80 Å². The van der Waals surface area contributed by atoms with Crippen LogP contribution in [0.1, 0.15) is 25.8 Å². The Balaban J connectivity index is 1.74. The van der Waals surface area contributed by atoms with E-state index in [1.54, 1.807) is 12.1 Å². The molecule has 1 aliphatic heterocycles. The minimum absolute atomic E-state index is 0.201. The maximum Gasteiger partial charge on any atom is 0.573 e. The Bertz CT molecular complexity index is 793. The van der Waals surface area contributed by atoms with E-state index < -0.39 is 6.36 Å². The fraction of sp³-hybridized carbons (Fsp3) is 0.455. The summed E-state index contributed by atoms with van der Waals surface area (Å²) in [6.45, 7) is 8.19. The monoisotopic (exact) mass is 407 g/mol. The molecular weight excluding hydrogens is 379 g/mol. The van der Waals surface area contributed by atoms with Crippen molar-refractivity contribution in [2.75, 3.05) is 26.2 Å². The number of nitrogens with zero attached hydrogens (tertiary/aromatic N) is 2. The Hall–Kier alpha value is -2.41. The van der Waals surface area contributed by atoms with Gasteiger partial charge in [-0.2, -0.15) is 0 Å². The third-order valence-corrected chi connectivity index (χ3v) is 5.47. The molecule has 0 spiro atoms. The van der Waals surface area contributed by atoms with Gasteiger partial charge >= 0.3 is 6.36 Å². The van der Waals surface area contributed by atoms with Crippen LogP contribution in [0, 0.1) is 0 Å². The molecular formula is C22H28F3N3O. The van der Waals surface area contributed by atoms with Gasteiger partial charge in [0.15, 0.2) is 0 Å². The quantitative estimate of drug-likeness (QED) is 0.701. The predicted molar refractivity (Wildman–Crippen MR) is 108 cm³/mol. The molecule has 2 N–H and O–H groups in total. The minimum Gasteiger partial charge on any atom is -0.406 e. The summed E-state index contributed by atoms with van der Waals surface area (Å²) in [5.41, 5.74) is 10.1. The van der Waals surface area contributed by atoms with Gasteiger partial charge in [-0.15, -0.1) is 13.2 Å². The molecule has 0 fully saturated rings. The molecule has 0 saturated carbocycles. The summed E-state index contributed by atoms with van der Waals surface area (Å²) < 4.78 is 41.1. The summed E-state index contributed by atoms with van der Waals surface area (Å²) >= 11 is 0. The summed E-state index contributed by atoms with van der Waals surface area (Å²) in [5.74, 6) is -0.201. The fourth-order valence-corrected chi connectivity index (χ4v) is 3.91. The molecule has 1 atom stereocenters. The highest BCUT2D eigenvalue weighted by molar-refractivity contribution is 5.45. The number of allylic oxidation sites excluding steroid dienone is 2. The summed E-state index contributed by atoms with van der Waals surface area (Å²) in [6, 6.07) is 6.39. The first-order chi connectivity index (χ1) is 13.8. The lowest BCUT2D eigenvalue weighted by molar-refractivity contribution is -0.274. The number of fused-ring (bicyclic) bond motifs is 1. The number of halogens is 3. The van der Waals surface area contributed by atoms with E-state index in [1.807, 2.05) is 6.08 Å². The lowest BCUT2D eigenvalue weighted by atomic mass is 9.99. The maximum absolute atomic E-state index is 12.4. The van der Waals surface area contributed by atoms with Crippen molar-refractivity contribution in [1.29, 1.82) is 0 Å². The Morgan fingerprint density at radius 1 is 1.14 bits per heavy atom. The average Bonchev–Trinajstić information content (AvgIpc) is 2.99. The Morgan fingerprint density at radius 3 is 2.45 bits per heavy atom. The molecule has 0 bridgehead atoms. The predicted octanol–water partition coefficient (Wildman–Crippen LogP) is 4.21. The summed E-state index contributed by atoms with van der Waals surface area (Å²) in [4.78, 5) is 4.79. The molecule has 0 saturated heterocycles. The number of ether oxygens (including phenoxy) is 1. The second kappa shape index (κ2) is 8.95. The van der Waals surface area contributed by atoms with Crippen molar-refractivity contribution >= 4 is 0 Å². The number of rotatable bonds is 8. The maximum atomic E-state index is 12.4. The first-order valence-corrected chi connectivity index (χ1v) is 10.0. The van der Waals surface area contributed by atoms with E-state index in [0.29, 0.717) is 6.42 Å². The van der Waals surface area contributed by atoms with E-state index in [2.05, 4.69) is 40.5 Å². The first-order valence-electron chi connectivity index (χ1n) is 10.0. The van der Waals surface area contributed by atoms with Crippen LogP contribution in [0.25, 0.3) is 0 Å². The molecule has 4 nitrogen and oxygen atoms in total. The largest absolute Gasteiger partial charge is 0.573 e. The molecule has 1 aromatic rings. The van der Waals surface area contributed by atoms with E-state index in [4.69, 9.17) is 5.73 Å². The van der Waals surface area contributed by atoms with E-state index in [9.17, 15) is 13.2 Å². The van der Waals surface area contributed by atoms with Crippen molar-refractivity contribution in [2.24, 2.45) is 5.73 Å². The van der Waals surface area contributed by atoms with Gasteiger partial charge in [0.1, 0.15) is 5.75 Å². The van der Waals surface area contributed by atoms with Crippen LogP contribution in [0.2, 0.25) is 0 Å². The molecule has 0 aromatic heterocycles. The highest BCUT2D eigenvalue weighted by Crippen LogP contribution is 2.34. The topological polar surface area (TPSA) is 41.7 Å². The summed E-state index contributed by atoms with van der Waals surface area (Å²) in [7, 11) is 0. The number of benzene rings is 1. The molecule has 1 aliphatic carbocycles.